The molecule has 0 bridgehead atoms. The second-order valence-corrected chi connectivity index (χ2v) is 6.63. The average Bonchev–Trinajstić information content (AvgIpc) is 2.67. The Morgan fingerprint density at radius 1 is 0.833 bits per heavy atom. The Morgan fingerprint density at radius 2 is 1.43 bits per heavy atom. The van der Waals surface area contributed by atoms with Gasteiger partial charge in [0, 0.05) is 30.2 Å². The number of nitrogens with zero attached hydrogens (tertiary/aromatic N) is 2. The van der Waals surface area contributed by atoms with Crippen molar-refractivity contribution in [1.29, 1.82) is 0 Å². The molecular weight excluding hydrogens is 388 g/mol. The summed E-state index contributed by atoms with van der Waals surface area (Å²) < 4.78 is 0. The van der Waals surface area contributed by atoms with Gasteiger partial charge in [-0.15, -0.1) is 0 Å². The van der Waals surface area contributed by atoms with E-state index in [1.165, 1.54) is 9.80 Å². The first-order chi connectivity index (χ1) is 14.2. The lowest BCUT2D eigenvalue weighted by molar-refractivity contribution is 0.201. The largest absolute Gasteiger partial charge is 0.465 e. The van der Waals surface area contributed by atoms with Gasteiger partial charge in [-0.1, -0.05) is 12.1 Å². The number of carbonyl (C=O) groups excluding carboxylic acids is 1. The molecule has 0 aliphatic rings. The van der Waals surface area contributed by atoms with Crippen molar-refractivity contribution >= 4 is 41.0 Å². The van der Waals surface area contributed by atoms with E-state index in [9.17, 15) is 24.6 Å². The van der Waals surface area contributed by atoms with Crippen molar-refractivity contribution in [2.24, 2.45) is 0 Å². The van der Waals surface area contributed by atoms with Crippen LogP contribution in [0, 0.1) is 13.8 Å². The SMILES string of the molecule is CCN(C(=O)O)c1ccc(C)c(NC(=O)Nc2ccc(C)c(N(CC)C(=O)O)c2)c1. The number of carbonyl (C=O) groups is 3. The minimum absolute atomic E-state index is 0.272. The van der Waals surface area contributed by atoms with Crippen LogP contribution in [0.1, 0.15) is 25.0 Å². The molecule has 2 rings (SSSR count). The summed E-state index contributed by atoms with van der Waals surface area (Å²) in [5.41, 5.74) is 3.37. The summed E-state index contributed by atoms with van der Waals surface area (Å²) in [5, 5.41) is 24.1. The van der Waals surface area contributed by atoms with Crippen molar-refractivity contribution < 1.29 is 24.6 Å². The predicted octanol–water partition coefficient (Wildman–Crippen LogP) is 4.96. The van der Waals surface area contributed by atoms with Gasteiger partial charge in [0.15, 0.2) is 0 Å². The van der Waals surface area contributed by atoms with Crippen molar-refractivity contribution in [3.63, 3.8) is 0 Å². The number of carboxylic acid groups (broad SMARTS) is 2. The third kappa shape index (κ3) is 5.19. The monoisotopic (exact) mass is 414 g/mol. The van der Waals surface area contributed by atoms with Crippen LogP contribution in [0.25, 0.3) is 0 Å². The molecule has 0 aliphatic heterocycles. The fourth-order valence-electron chi connectivity index (χ4n) is 3.01. The number of nitrogens with one attached hydrogen (secondary N) is 2. The molecule has 4 N–H and O–H groups in total. The van der Waals surface area contributed by atoms with Gasteiger partial charge >= 0.3 is 18.2 Å². The van der Waals surface area contributed by atoms with Gasteiger partial charge in [0.2, 0.25) is 0 Å². The van der Waals surface area contributed by atoms with E-state index >= 15 is 0 Å². The van der Waals surface area contributed by atoms with E-state index in [4.69, 9.17) is 0 Å². The van der Waals surface area contributed by atoms with E-state index in [0.29, 0.717) is 22.7 Å². The lowest BCUT2D eigenvalue weighted by atomic mass is 10.1. The van der Waals surface area contributed by atoms with Crippen LogP contribution < -0.4 is 20.4 Å². The van der Waals surface area contributed by atoms with Gasteiger partial charge in [0.05, 0.1) is 5.69 Å². The smallest absolute Gasteiger partial charge is 0.411 e. The average molecular weight is 414 g/mol. The van der Waals surface area contributed by atoms with Gasteiger partial charge in [-0.05, 0) is 63.1 Å². The summed E-state index contributed by atoms with van der Waals surface area (Å²) in [6.45, 7) is 7.59. The maximum atomic E-state index is 12.5. The maximum absolute atomic E-state index is 12.5. The topological polar surface area (TPSA) is 122 Å². The fourth-order valence-corrected chi connectivity index (χ4v) is 3.01. The van der Waals surface area contributed by atoms with Crippen LogP contribution in [0.3, 0.4) is 0 Å². The van der Waals surface area contributed by atoms with Gasteiger partial charge in [0.25, 0.3) is 0 Å². The van der Waals surface area contributed by atoms with Gasteiger partial charge in [-0.3, -0.25) is 9.80 Å². The predicted molar refractivity (Wildman–Crippen MR) is 117 cm³/mol. The highest BCUT2D eigenvalue weighted by Crippen LogP contribution is 2.26. The Bertz CT molecular complexity index is 960. The number of rotatable bonds is 6. The van der Waals surface area contributed by atoms with Crippen LogP contribution in [0.4, 0.5) is 37.1 Å². The molecule has 0 saturated heterocycles. The molecule has 9 heteroatoms. The van der Waals surface area contributed by atoms with Crippen molar-refractivity contribution in [2.75, 3.05) is 33.5 Å². The van der Waals surface area contributed by atoms with Crippen LogP contribution in [-0.2, 0) is 0 Å². The number of benzene rings is 2. The third-order valence-electron chi connectivity index (χ3n) is 4.63. The number of anilines is 4. The highest BCUT2D eigenvalue weighted by atomic mass is 16.4. The van der Waals surface area contributed by atoms with Gasteiger partial charge in [0.1, 0.15) is 0 Å². The van der Waals surface area contributed by atoms with E-state index in [0.717, 1.165) is 11.1 Å². The van der Waals surface area contributed by atoms with Crippen molar-refractivity contribution in [2.45, 2.75) is 27.7 Å². The highest BCUT2D eigenvalue weighted by Gasteiger charge is 2.17. The first-order valence-corrected chi connectivity index (χ1v) is 9.48. The third-order valence-corrected chi connectivity index (χ3v) is 4.63. The molecule has 0 aliphatic carbocycles. The molecule has 0 heterocycles. The molecule has 0 aromatic heterocycles. The first kappa shape index (κ1) is 22.5. The van der Waals surface area contributed by atoms with Crippen molar-refractivity contribution in [3.05, 3.63) is 47.5 Å². The standard InChI is InChI=1S/C21H26N4O5/c1-5-24(20(27)28)16-10-8-13(3)17(12-16)23-19(26)22-15-9-7-14(4)18(11-15)25(6-2)21(29)30/h7-12H,5-6H2,1-4H3,(H,27,28)(H,29,30)(H2,22,23,26). The Kier molecular flexibility index (Phi) is 7.24. The minimum Gasteiger partial charge on any atom is -0.465 e. The van der Waals surface area contributed by atoms with Crippen LogP contribution in [0.15, 0.2) is 36.4 Å². The number of hydrogen-bond acceptors (Lipinski definition) is 3. The van der Waals surface area contributed by atoms with Crippen LogP contribution in [0.5, 0.6) is 0 Å². The summed E-state index contributed by atoms with van der Waals surface area (Å²) in [6.07, 6.45) is -2.16. The summed E-state index contributed by atoms with van der Waals surface area (Å²) in [5.74, 6) is 0. The second kappa shape index (κ2) is 9.64. The van der Waals surface area contributed by atoms with Crippen molar-refractivity contribution in [1.82, 2.24) is 0 Å². The Morgan fingerprint density at radius 3 is 2.00 bits per heavy atom. The quantitative estimate of drug-likeness (QED) is 0.532. The van der Waals surface area contributed by atoms with E-state index in [1.54, 1.807) is 64.1 Å². The molecule has 0 atom stereocenters. The number of hydrogen-bond donors (Lipinski definition) is 4. The minimum atomic E-state index is -1.08. The Labute approximate surface area is 174 Å². The molecule has 4 amide bonds. The van der Waals surface area contributed by atoms with Gasteiger partial charge < -0.3 is 20.8 Å². The molecule has 0 saturated carbocycles. The Balaban J connectivity index is 2.22. The van der Waals surface area contributed by atoms with Crippen molar-refractivity contribution in [3.8, 4) is 0 Å². The number of amides is 4. The molecule has 2 aromatic rings. The van der Waals surface area contributed by atoms with Crippen LogP contribution in [0.2, 0.25) is 0 Å². The van der Waals surface area contributed by atoms with E-state index in [1.807, 2.05) is 0 Å². The molecule has 0 unspecified atom stereocenters. The highest BCUT2D eigenvalue weighted by molar-refractivity contribution is 6.01. The molecule has 30 heavy (non-hydrogen) atoms. The zero-order chi connectivity index (χ0) is 22.4. The zero-order valence-corrected chi connectivity index (χ0v) is 17.4. The van der Waals surface area contributed by atoms with Crippen LogP contribution >= 0.6 is 0 Å². The van der Waals surface area contributed by atoms with E-state index in [-0.39, 0.29) is 13.1 Å². The van der Waals surface area contributed by atoms with Gasteiger partial charge in [-0.25, -0.2) is 14.4 Å². The van der Waals surface area contributed by atoms with Crippen LogP contribution in [-0.4, -0.2) is 41.5 Å². The number of aryl methyl sites for hydroxylation is 2. The molecule has 2 aromatic carbocycles. The maximum Gasteiger partial charge on any atom is 0.411 e. The lowest BCUT2D eigenvalue weighted by Crippen LogP contribution is -2.29. The number of urea groups is 1. The molecule has 9 nitrogen and oxygen atoms in total. The molecule has 0 fully saturated rings. The zero-order valence-electron chi connectivity index (χ0n) is 17.4. The molecule has 160 valence electrons. The Hall–Kier alpha value is -3.75. The fraction of sp³-hybridized carbons (Fsp3) is 0.286. The van der Waals surface area contributed by atoms with E-state index in [2.05, 4.69) is 10.6 Å². The summed E-state index contributed by atoms with van der Waals surface area (Å²) in [7, 11) is 0. The summed E-state index contributed by atoms with van der Waals surface area (Å²) in [6, 6.07) is 9.48. The first-order valence-electron chi connectivity index (χ1n) is 9.48. The molecule has 0 radical (unpaired) electrons. The summed E-state index contributed by atoms with van der Waals surface area (Å²) in [4.78, 5) is 37.7. The normalized spacial score (nSPS) is 10.3. The molecular formula is C21H26N4O5. The van der Waals surface area contributed by atoms with Gasteiger partial charge in [-0.2, -0.15) is 0 Å². The lowest BCUT2D eigenvalue weighted by Gasteiger charge is -2.21. The summed E-state index contributed by atoms with van der Waals surface area (Å²) >= 11 is 0. The molecule has 0 spiro atoms. The van der Waals surface area contributed by atoms with E-state index < -0.39 is 18.2 Å². The second-order valence-electron chi connectivity index (χ2n) is 6.63.